The van der Waals surface area contributed by atoms with Gasteiger partial charge in [0.1, 0.15) is 11.9 Å². The molecule has 2 aliphatic rings. The molecule has 2 saturated heterocycles. The molecule has 2 aliphatic heterocycles. The zero-order chi connectivity index (χ0) is 19.2. The SMILES string of the molecule is CC(C(=O)NCCc1ccc(F)cc1)N1CCN(C(=O)C2CCCO2)CC1. The molecule has 2 unspecified atom stereocenters. The van der Waals surface area contributed by atoms with Gasteiger partial charge < -0.3 is 15.0 Å². The second-order valence-corrected chi connectivity index (χ2v) is 7.21. The maximum absolute atomic E-state index is 12.9. The van der Waals surface area contributed by atoms with Gasteiger partial charge in [0, 0.05) is 39.3 Å². The van der Waals surface area contributed by atoms with Gasteiger partial charge in [0.25, 0.3) is 5.91 Å². The largest absolute Gasteiger partial charge is 0.368 e. The van der Waals surface area contributed by atoms with Crippen molar-refractivity contribution in [2.75, 3.05) is 39.3 Å². The fourth-order valence-corrected chi connectivity index (χ4v) is 3.60. The lowest BCUT2D eigenvalue weighted by Crippen LogP contribution is -2.56. The zero-order valence-electron chi connectivity index (χ0n) is 15.8. The number of carbonyl (C=O) groups excluding carboxylic acids is 2. The molecule has 148 valence electrons. The summed E-state index contributed by atoms with van der Waals surface area (Å²) >= 11 is 0. The van der Waals surface area contributed by atoms with Gasteiger partial charge in [-0.05, 0) is 43.9 Å². The highest BCUT2D eigenvalue weighted by Gasteiger charge is 2.32. The molecule has 0 saturated carbocycles. The molecule has 3 rings (SSSR count). The molecule has 2 atom stereocenters. The number of ether oxygens (including phenoxy) is 1. The average Bonchev–Trinajstić information content (AvgIpc) is 3.23. The molecule has 27 heavy (non-hydrogen) atoms. The summed E-state index contributed by atoms with van der Waals surface area (Å²) in [6.07, 6.45) is 2.16. The summed E-state index contributed by atoms with van der Waals surface area (Å²) in [7, 11) is 0. The molecule has 2 heterocycles. The topological polar surface area (TPSA) is 61.9 Å². The number of rotatable bonds is 6. The number of hydrogen-bond donors (Lipinski definition) is 1. The summed E-state index contributed by atoms with van der Waals surface area (Å²) in [5.41, 5.74) is 0.991. The van der Waals surface area contributed by atoms with Gasteiger partial charge in [0.05, 0.1) is 6.04 Å². The van der Waals surface area contributed by atoms with Crippen molar-refractivity contribution in [3.8, 4) is 0 Å². The van der Waals surface area contributed by atoms with Gasteiger partial charge in [-0.3, -0.25) is 14.5 Å². The highest BCUT2D eigenvalue weighted by molar-refractivity contribution is 5.82. The predicted octanol–water partition coefficient (Wildman–Crippen LogP) is 1.20. The Bertz CT molecular complexity index is 638. The molecule has 0 radical (unpaired) electrons. The van der Waals surface area contributed by atoms with Crippen molar-refractivity contribution in [1.82, 2.24) is 15.1 Å². The van der Waals surface area contributed by atoms with Crippen LogP contribution in [0.2, 0.25) is 0 Å². The van der Waals surface area contributed by atoms with Crippen molar-refractivity contribution in [3.63, 3.8) is 0 Å². The van der Waals surface area contributed by atoms with Gasteiger partial charge in [-0.1, -0.05) is 12.1 Å². The highest BCUT2D eigenvalue weighted by Crippen LogP contribution is 2.16. The van der Waals surface area contributed by atoms with Gasteiger partial charge in [-0.2, -0.15) is 0 Å². The first kappa shape index (κ1) is 19.8. The number of hydrogen-bond acceptors (Lipinski definition) is 4. The van der Waals surface area contributed by atoms with Crippen molar-refractivity contribution < 1.29 is 18.7 Å². The Morgan fingerprint density at radius 2 is 1.93 bits per heavy atom. The van der Waals surface area contributed by atoms with Crippen LogP contribution in [-0.4, -0.2) is 73.1 Å². The lowest BCUT2D eigenvalue weighted by atomic mass is 10.1. The number of nitrogens with one attached hydrogen (secondary N) is 1. The molecule has 0 aromatic heterocycles. The highest BCUT2D eigenvalue weighted by atomic mass is 19.1. The van der Waals surface area contributed by atoms with Gasteiger partial charge in [0.15, 0.2) is 0 Å². The molecule has 1 aromatic carbocycles. The quantitative estimate of drug-likeness (QED) is 0.809. The molecular formula is C20H28FN3O3. The number of benzene rings is 1. The molecule has 2 amide bonds. The first-order valence-electron chi connectivity index (χ1n) is 9.71. The summed E-state index contributed by atoms with van der Waals surface area (Å²) in [5.74, 6) is -0.187. The molecule has 1 N–H and O–H groups in total. The Morgan fingerprint density at radius 1 is 1.22 bits per heavy atom. The summed E-state index contributed by atoms with van der Waals surface area (Å²) in [6, 6.07) is 6.08. The van der Waals surface area contributed by atoms with Crippen LogP contribution in [0, 0.1) is 5.82 Å². The second-order valence-electron chi connectivity index (χ2n) is 7.21. The third kappa shape index (κ3) is 5.26. The maximum Gasteiger partial charge on any atom is 0.251 e. The molecule has 1 aromatic rings. The van der Waals surface area contributed by atoms with E-state index >= 15 is 0 Å². The van der Waals surface area contributed by atoms with E-state index in [1.54, 1.807) is 12.1 Å². The molecule has 2 fully saturated rings. The van der Waals surface area contributed by atoms with Crippen LogP contribution in [0.1, 0.15) is 25.3 Å². The van der Waals surface area contributed by atoms with Crippen molar-refractivity contribution in [2.24, 2.45) is 0 Å². The fraction of sp³-hybridized carbons (Fsp3) is 0.600. The lowest BCUT2D eigenvalue weighted by Gasteiger charge is -2.38. The van der Waals surface area contributed by atoms with E-state index in [1.165, 1.54) is 12.1 Å². The van der Waals surface area contributed by atoms with E-state index in [4.69, 9.17) is 4.74 Å². The number of halogens is 1. The van der Waals surface area contributed by atoms with Gasteiger partial charge >= 0.3 is 0 Å². The summed E-state index contributed by atoms with van der Waals surface area (Å²) in [5, 5.41) is 2.95. The van der Waals surface area contributed by atoms with E-state index in [-0.39, 0.29) is 29.8 Å². The van der Waals surface area contributed by atoms with E-state index in [0.29, 0.717) is 45.8 Å². The van der Waals surface area contributed by atoms with Crippen LogP contribution in [0.4, 0.5) is 4.39 Å². The van der Waals surface area contributed by atoms with Gasteiger partial charge in [-0.15, -0.1) is 0 Å². The summed E-state index contributed by atoms with van der Waals surface area (Å²) in [4.78, 5) is 28.7. The number of nitrogens with zero attached hydrogens (tertiary/aromatic N) is 2. The molecular weight excluding hydrogens is 349 g/mol. The minimum Gasteiger partial charge on any atom is -0.368 e. The van der Waals surface area contributed by atoms with Crippen LogP contribution in [0.25, 0.3) is 0 Å². The Labute approximate surface area is 159 Å². The van der Waals surface area contributed by atoms with Crippen molar-refractivity contribution in [3.05, 3.63) is 35.6 Å². The smallest absolute Gasteiger partial charge is 0.251 e. The van der Waals surface area contributed by atoms with Crippen molar-refractivity contribution >= 4 is 11.8 Å². The van der Waals surface area contributed by atoms with Crippen LogP contribution in [0.3, 0.4) is 0 Å². The van der Waals surface area contributed by atoms with Crippen LogP contribution in [0.15, 0.2) is 24.3 Å². The van der Waals surface area contributed by atoms with Gasteiger partial charge in [0.2, 0.25) is 5.91 Å². The van der Waals surface area contributed by atoms with Crippen LogP contribution in [0.5, 0.6) is 0 Å². The third-order valence-corrected chi connectivity index (χ3v) is 5.38. The Morgan fingerprint density at radius 3 is 2.56 bits per heavy atom. The lowest BCUT2D eigenvalue weighted by molar-refractivity contribution is -0.143. The summed E-state index contributed by atoms with van der Waals surface area (Å²) in [6.45, 7) is 5.72. The Kier molecular flexibility index (Phi) is 6.79. The third-order valence-electron chi connectivity index (χ3n) is 5.38. The van der Waals surface area contributed by atoms with Crippen molar-refractivity contribution in [1.29, 1.82) is 0 Å². The zero-order valence-corrected chi connectivity index (χ0v) is 15.8. The normalized spacial score (nSPS) is 21.9. The standard InChI is InChI=1S/C20H28FN3O3/c1-15(19(25)22-9-8-16-4-6-17(21)7-5-16)23-10-12-24(13-11-23)20(26)18-3-2-14-27-18/h4-7,15,18H,2-3,8-14H2,1H3,(H,22,25). The predicted molar refractivity (Wildman–Crippen MR) is 99.7 cm³/mol. The van der Waals surface area contributed by atoms with E-state index in [1.807, 2.05) is 11.8 Å². The van der Waals surface area contributed by atoms with Crippen LogP contribution < -0.4 is 5.32 Å². The first-order valence-corrected chi connectivity index (χ1v) is 9.71. The molecule has 7 heteroatoms. The van der Waals surface area contributed by atoms with E-state index in [9.17, 15) is 14.0 Å². The monoisotopic (exact) mass is 377 g/mol. The first-order chi connectivity index (χ1) is 13.0. The van der Waals surface area contributed by atoms with E-state index in [0.717, 1.165) is 18.4 Å². The van der Waals surface area contributed by atoms with Crippen LogP contribution in [-0.2, 0) is 20.7 Å². The molecule has 0 aliphatic carbocycles. The van der Waals surface area contributed by atoms with Crippen LogP contribution >= 0.6 is 0 Å². The van der Waals surface area contributed by atoms with Crippen molar-refractivity contribution in [2.45, 2.75) is 38.3 Å². The summed E-state index contributed by atoms with van der Waals surface area (Å²) < 4.78 is 18.4. The minimum absolute atomic E-state index is 0.0176. The Balaban J connectivity index is 1.38. The molecule has 0 spiro atoms. The maximum atomic E-state index is 12.9. The fourth-order valence-electron chi connectivity index (χ4n) is 3.60. The molecule has 6 nitrogen and oxygen atoms in total. The van der Waals surface area contributed by atoms with E-state index in [2.05, 4.69) is 10.2 Å². The molecule has 0 bridgehead atoms. The van der Waals surface area contributed by atoms with E-state index < -0.39 is 0 Å². The number of piperazine rings is 1. The number of amides is 2. The minimum atomic E-state index is -0.274. The number of carbonyl (C=O) groups is 2. The van der Waals surface area contributed by atoms with Gasteiger partial charge in [-0.25, -0.2) is 4.39 Å². The Hall–Kier alpha value is -1.99. The average molecular weight is 377 g/mol. The second kappa shape index (κ2) is 9.28.